The van der Waals surface area contributed by atoms with E-state index in [2.05, 4.69) is 5.32 Å². The molecule has 0 bridgehead atoms. The fraction of sp³-hybridized carbons (Fsp3) is 0.273. The summed E-state index contributed by atoms with van der Waals surface area (Å²) in [6.45, 7) is 0.111. The zero-order valence-electron chi connectivity index (χ0n) is 8.94. The van der Waals surface area contributed by atoms with Crippen LogP contribution in [0.3, 0.4) is 0 Å². The summed E-state index contributed by atoms with van der Waals surface area (Å²) in [6, 6.07) is 5.04. The predicted molar refractivity (Wildman–Crippen MR) is 62.7 cm³/mol. The number of anilines is 1. The number of aliphatic hydroxyl groups excluding tert-OH is 1. The van der Waals surface area contributed by atoms with Crippen LogP contribution < -0.4 is 10.2 Å². The zero-order valence-corrected chi connectivity index (χ0v) is 9.70. The number of carbonyl (C=O) groups is 2. The summed E-state index contributed by atoms with van der Waals surface area (Å²) < 4.78 is 0. The van der Waals surface area contributed by atoms with Crippen LogP contribution in [0.1, 0.15) is 5.56 Å². The number of nitrogens with zero attached hydrogens (tertiary/aromatic N) is 1. The number of halogens is 1. The molecule has 1 heterocycles. The van der Waals surface area contributed by atoms with Crippen molar-refractivity contribution in [2.45, 2.75) is 6.61 Å². The molecule has 17 heavy (non-hydrogen) atoms. The van der Waals surface area contributed by atoms with Gasteiger partial charge in [0.1, 0.15) is 0 Å². The average Bonchev–Trinajstić information content (AvgIpc) is 2.27. The minimum Gasteiger partial charge on any atom is -0.392 e. The topological polar surface area (TPSA) is 69.6 Å². The van der Waals surface area contributed by atoms with Crippen LogP contribution in [0.25, 0.3) is 0 Å². The van der Waals surface area contributed by atoms with Gasteiger partial charge in [-0.15, -0.1) is 0 Å². The van der Waals surface area contributed by atoms with E-state index >= 15 is 0 Å². The van der Waals surface area contributed by atoms with Crippen molar-refractivity contribution in [2.24, 2.45) is 0 Å². The molecule has 0 spiro atoms. The largest absolute Gasteiger partial charge is 0.392 e. The highest BCUT2D eigenvalue weighted by atomic mass is 35.5. The van der Waals surface area contributed by atoms with Crippen LogP contribution in [0.4, 0.5) is 5.69 Å². The lowest BCUT2D eigenvalue weighted by Gasteiger charge is -2.27. The molecule has 0 aromatic heterocycles. The molecule has 2 rings (SSSR count). The first-order valence-electron chi connectivity index (χ1n) is 5.07. The Labute approximate surface area is 103 Å². The molecule has 1 aromatic carbocycles. The Balaban J connectivity index is 2.25. The van der Waals surface area contributed by atoms with Crippen LogP contribution >= 0.6 is 11.6 Å². The molecular weight excluding hydrogens is 244 g/mol. The lowest BCUT2D eigenvalue weighted by atomic mass is 10.2. The Hall–Kier alpha value is -1.59. The molecule has 0 atom stereocenters. The van der Waals surface area contributed by atoms with Gasteiger partial charge >= 0.3 is 0 Å². The van der Waals surface area contributed by atoms with Gasteiger partial charge in [0, 0.05) is 10.7 Å². The summed E-state index contributed by atoms with van der Waals surface area (Å²) in [5.74, 6) is -0.660. The van der Waals surface area contributed by atoms with Gasteiger partial charge in [-0.05, 0) is 17.7 Å². The third-order valence-corrected chi connectivity index (χ3v) is 2.87. The molecule has 0 radical (unpaired) electrons. The Morgan fingerprint density at radius 3 is 2.47 bits per heavy atom. The highest BCUT2D eigenvalue weighted by Gasteiger charge is 2.22. The van der Waals surface area contributed by atoms with E-state index in [1.165, 1.54) is 0 Å². The lowest BCUT2D eigenvalue weighted by molar-refractivity contribution is -0.130. The lowest BCUT2D eigenvalue weighted by Crippen LogP contribution is -2.51. The van der Waals surface area contributed by atoms with Gasteiger partial charge in [0.15, 0.2) is 0 Å². The van der Waals surface area contributed by atoms with E-state index in [0.29, 0.717) is 16.3 Å². The molecule has 1 aliphatic heterocycles. The summed E-state index contributed by atoms with van der Waals surface area (Å²) in [6.07, 6.45) is 0. The van der Waals surface area contributed by atoms with Crippen molar-refractivity contribution in [3.63, 3.8) is 0 Å². The molecule has 5 nitrogen and oxygen atoms in total. The van der Waals surface area contributed by atoms with E-state index in [1.807, 2.05) is 0 Å². The molecule has 0 unspecified atom stereocenters. The molecule has 2 amide bonds. The van der Waals surface area contributed by atoms with Gasteiger partial charge < -0.3 is 10.0 Å². The normalized spacial score (nSPS) is 16.0. The number of aliphatic hydroxyl groups is 1. The highest BCUT2D eigenvalue weighted by Crippen LogP contribution is 2.24. The first-order chi connectivity index (χ1) is 8.10. The third kappa shape index (κ3) is 2.57. The van der Waals surface area contributed by atoms with E-state index in [0.717, 1.165) is 0 Å². The number of amides is 2. The maximum absolute atomic E-state index is 11.2. The quantitative estimate of drug-likeness (QED) is 0.745. The summed E-state index contributed by atoms with van der Waals surface area (Å²) in [5.41, 5.74) is 1.30. The fourth-order valence-electron chi connectivity index (χ4n) is 1.68. The molecule has 1 saturated heterocycles. The minimum absolute atomic E-state index is 0.126. The number of nitrogens with one attached hydrogen (secondary N) is 1. The monoisotopic (exact) mass is 254 g/mol. The minimum atomic E-state index is -0.330. The summed E-state index contributed by atoms with van der Waals surface area (Å²) in [4.78, 5) is 24.1. The Morgan fingerprint density at radius 1 is 1.29 bits per heavy atom. The summed E-state index contributed by atoms with van der Waals surface area (Å²) in [5, 5.41) is 11.6. The van der Waals surface area contributed by atoms with Gasteiger partial charge in [0.25, 0.3) is 0 Å². The van der Waals surface area contributed by atoms with Crippen molar-refractivity contribution in [1.82, 2.24) is 5.32 Å². The molecule has 1 aromatic rings. The van der Waals surface area contributed by atoms with Crippen LogP contribution in [0.2, 0.25) is 5.02 Å². The smallest absolute Gasteiger partial charge is 0.246 e. The first kappa shape index (κ1) is 11.9. The van der Waals surface area contributed by atoms with Gasteiger partial charge in [0.05, 0.1) is 19.7 Å². The molecular formula is C11H11ClN2O3. The zero-order chi connectivity index (χ0) is 12.4. The van der Waals surface area contributed by atoms with E-state index in [-0.39, 0.29) is 31.5 Å². The second-order valence-electron chi connectivity index (χ2n) is 3.76. The van der Waals surface area contributed by atoms with Crippen LogP contribution in [-0.2, 0) is 16.2 Å². The van der Waals surface area contributed by atoms with Gasteiger partial charge in [-0.3, -0.25) is 14.9 Å². The highest BCUT2D eigenvalue weighted by molar-refractivity contribution is 6.31. The fourth-order valence-corrected chi connectivity index (χ4v) is 1.92. The summed E-state index contributed by atoms with van der Waals surface area (Å²) in [7, 11) is 0. The van der Waals surface area contributed by atoms with Crippen molar-refractivity contribution in [3.05, 3.63) is 28.8 Å². The number of benzene rings is 1. The van der Waals surface area contributed by atoms with Gasteiger partial charge in [0.2, 0.25) is 11.8 Å². The second-order valence-corrected chi connectivity index (χ2v) is 4.17. The molecule has 90 valence electrons. The van der Waals surface area contributed by atoms with Crippen molar-refractivity contribution < 1.29 is 14.7 Å². The van der Waals surface area contributed by atoms with Crippen molar-refractivity contribution in [2.75, 3.05) is 18.0 Å². The van der Waals surface area contributed by atoms with Gasteiger partial charge in [-0.1, -0.05) is 17.7 Å². The van der Waals surface area contributed by atoms with Crippen molar-refractivity contribution in [3.8, 4) is 0 Å². The van der Waals surface area contributed by atoms with Crippen LogP contribution in [-0.4, -0.2) is 30.0 Å². The molecule has 1 aliphatic rings. The van der Waals surface area contributed by atoms with Crippen LogP contribution in [0, 0.1) is 0 Å². The molecule has 1 fully saturated rings. The Bertz CT molecular complexity index is 460. The van der Waals surface area contributed by atoms with Crippen LogP contribution in [0.15, 0.2) is 18.2 Å². The number of piperazine rings is 1. The van der Waals surface area contributed by atoms with Crippen molar-refractivity contribution >= 4 is 29.1 Å². The van der Waals surface area contributed by atoms with E-state index in [9.17, 15) is 9.59 Å². The van der Waals surface area contributed by atoms with Crippen LogP contribution in [0.5, 0.6) is 0 Å². The number of hydrogen-bond donors (Lipinski definition) is 2. The standard InChI is InChI=1S/C11H11ClN2O3/c12-9-3-8(2-1-7(9)6-15)14-4-10(16)13-11(17)5-14/h1-3,15H,4-6H2,(H,13,16,17). The summed E-state index contributed by atoms with van der Waals surface area (Å²) >= 11 is 5.95. The number of imide groups is 1. The Morgan fingerprint density at radius 2 is 1.94 bits per heavy atom. The number of carbonyl (C=O) groups excluding carboxylic acids is 2. The average molecular weight is 255 g/mol. The second kappa shape index (κ2) is 4.73. The molecule has 6 heteroatoms. The number of hydrogen-bond acceptors (Lipinski definition) is 4. The molecule has 0 aliphatic carbocycles. The van der Waals surface area contributed by atoms with E-state index in [1.54, 1.807) is 23.1 Å². The first-order valence-corrected chi connectivity index (χ1v) is 5.45. The molecule has 2 N–H and O–H groups in total. The van der Waals surface area contributed by atoms with E-state index in [4.69, 9.17) is 16.7 Å². The number of rotatable bonds is 2. The molecule has 0 saturated carbocycles. The van der Waals surface area contributed by atoms with Gasteiger partial charge in [-0.25, -0.2) is 0 Å². The van der Waals surface area contributed by atoms with Crippen molar-refractivity contribution in [1.29, 1.82) is 0 Å². The SMILES string of the molecule is O=C1CN(c2ccc(CO)c(Cl)c2)CC(=O)N1. The Kier molecular flexibility index (Phi) is 3.31. The maximum atomic E-state index is 11.2. The van der Waals surface area contributed by atoms with E-state index < -0.39 is 0 Å². The maximum Gasteiger partial charge on any atom is 0.246 e. The third-order valence-electron chi connectivity index (χ3n) is 2.52. The van der Waals surface area contributed by atoms with Gasteiger partial charge in [-0.2, -0.15) is 0 Å². The predicted octanol–water partition coefficient (Wildman–Crippen LogP) is 0.295.